The molecule has 8 nitrogen and oxygen atoms in total. The Kier molecular flexibility index (Phi) is 5.94. The average Bonchev–Trinajstić information content (AvgIpc) is 2.67. The Hall–Kier alpha value is -3.57. The molecule has 3 rings (SSSR count). The molecule has 8 heteroatoms. The van der Waals surface area contributed by atoms with Crippen LogP contribution in [0.2, 0.25) is 0 Å². The van der Waals surface area contributed by atoms with Crippen molar-refractivity contribution in [3.63, 3.8) is 0 Å². The number of pyridine rings is 1. The van der Waals surface area contributed by atoms with Crippen LogP contribution < -0.4 is 11.3 Å². The van der Waals surface area contributed by atoms with Crippen LogP contribution in [0.5, 0.6) is 0 Å². The van der Waals surface area contributed by atoms with Gasteiger partial charge in [-0.05, 0) is 43.9 Å². The summed E-state index contributed by atoms with van der Waals surface area (Å²) in [5.74, 6) is -1.67. The Morgan fingerprint density at radius 3 is 2.67 bits per heavy atom. The van der Waals surface area contributed by atoms with Gasteiger partial charge in [0.2, 0.25) is 5.88 Å². The summed E-state index contributed by atoms with van der Waals surface area (Å²) in [6.45, 7) is 5.63. The van der Waals surface area contributed by atoms with Gasteiger partial charge in [0.25, 0.3) is 5.56 Å². The molecule has 0 radical (unpaired) electrons. The molecule has 2 aromatic rings. The number of carbonyl (C=O) groups is 1. The van der Waals surface area contributed by atoms with Crippen molar-refractivity contribution in [2.75, 3.05) is 20.3 Å². The topological polar surface area (TPSA) is 127 Å². The molecule has 2 heterocycles. The van der Waals surface area contributed by atoms with Crippen LogP contribution in [-0.4, -0.2) is 31.3 Å². The molecule has 1 atom stereocenters. The van der Waals surface area contributed by atoms with E-state index in [1.54, 1.807) is 13.0 Å². The third-order valence-corrected chi connectivity index (χ3v) is 4.98. The number of nitriles is 1. The first kappa shape index (κ1) is 21.1. The number of H-pyrrole nitrogens is 1. The number of nitrogens with zero attached hydrogens (tertiary/aromatic N) is 1. The van der Waals surface area contributed by atoms with E-state index in [1.807, 2.05) is 32.0 Å². The van der Waals surface area contributed by atoms with Gasteiger partial charge in [-0.25, -0.2) is 4.79 Å². The second-order valence-corrected chi connectivity index (χ2v) is 7.12. The first-order valence-electron chi connectivity index (χ1n) is 9.37. The number of carbonyl (C=O) groups excluding carboxylic acids is 1. The Morgan fingerprint density at radius 1 is 1.27 bits per heavy atom. The number of fused-ring (bicyclic) bond motifs is 1. The number of aryl methyl sites for hydroxylation is 2. The van der Waals surface area contributed by atoms with Crippen LogP contribution in [0, 0.1) is 25.2 Å². The fourth-order valence-corrected chi connectivity index (χ4v) is 3.67. The largest absolute Gasteiger partial charge is 0.460 e. The molecule has 0 saturated carbocycles. The van der Waals surface area contributed by atoms with Crippen molar-refractivity contribution in [1.29, 1.82) is 5.26 Å². The predicted octanol–water partition coefficient (Wildman–Crippen LogP) is 2.42. The van der Waals surface area contributed by atoms with Crippen molar-refractivity contribution in [1.82, 2.24) is 4.98 Å². The van der Waals surface area contributed by atoms with Gasteiger partial charge in [0.15, 0.2) is 0 Å². The second kappa shape index (κ2) is 8.43. The molecule has 0 fully saturated rings. The highest BCUT2D eigenvalue weighted by Gasteiger charge is 2.38. The number of hydrogen-bond acceptors (Lipinski definition) is 7. The van der Waals surface area contributed by atoms with Crippen LogP contribution in [0.15, 0.2) is 45.8 Å². The summed E-state index contributed by atoms with van der Waals surface area (Å²) in [7, 11) is 1.49. The first-order chi connectivity index (χ1) is 14.3. The summed E-state index contributed by atoms with van der Waals surface area (Å²) in [6.07, 6.45) is 0. The zero-order valence-corrected chi connectivity index (χ0v) is 17.3. The summed E-state index contributed by atoms with van der Waals surface area (Å²) >= 11 is 0. The highest BCUT2D eigenvalue weighted by Crippen LogP contribution is 2.39. The van der Waals surface area contributed by atoms with Crippen LogP contribution in [0.25, 0.3) is 10.9 Å². The highest BCUT2D eigenvalue weighted by molar-refractivity contribution is 5.93. The molecule has 30 heavy (non-hydrogen) atoms. The van der Waals surface area contributed by atoms with E-state index in [4.69, 9.17) is 19.9 Å². The van der Waals surface area contributed by atoms with E-state index >= 15 is 0 Å². The van der Waals surface area contributed by atoms with Gasteiger partial charge >= 0.3 is 5.97 Å². The van der Waals surface area contributed by atoms with E-state index in [-0.39, 0.29) is 41.6 Å². The monoisotopic (exact) mass is 409 g/mol. The lowest BCUT2D eigenvalue weighted by molar-refractivity contribution is -0.140. The lowest BCUT2D eigenvalue weighted by Crippen LogP contribution is -2.29. The van der Waals surface area contributed by atoms with Gasteiger partial charge in [0.05, 0.1) is 23.6 Å². The minimum atomic E-state index is -1.01. The van der Waals surface area contributed by atoms with Crippen molar-refractivity contribution < 1.29 is 19.0 Å². The Labute approximate surface area is 173 Å². The van der Waals surface area contributed by atoms with E-state index < -0.39 is 17.4 Å². The maximum atomic E-state index is 13.0. The second-order valence-electron chi connectivity index (χ2n) is 7.12. The number of hydrogen-bond donors (Lipinski definition) is 2. The Balaban J connectivity index is 2.21. The molecule has 0 aliphatic carbocycles. The molecule has 0 spiro atoms. The van der Waals surface area contributed by atoms with Gasteiger partial charge in [-0.2, -0.15) is 5.26 Å². The van der Waals surface area contributed by atoms with Crippen LogP contribution in [0.4, 0.5) is 0 Å². The SMILES string of the molecule is COCCOC(=O)C1=C(C)OC(N)=C(C#N)C1c1cc2cc(C)cc(C)c2[nH]c1=O. The van der Waals surface area contributed by atoms with E-state index in [9.17, 15) is 14.9 Å². The number of ether oxygens (including phenoxy) is 3. The summed E-state index contributed by atoms with van der Waals surface area (Å²) in [6, 6.07) is 7.56. The average molecular weight is 409 g/mol. The molecule has 1 aromatic carbocycles. The normalized spacial score (nSPS) is 16.4. The van der Waals surface area contributed by atoms with Crippen molar-refractivity contribution >= 4 is 16.9 Å². The van der Waals surface area contributed by atoms with Gasteiger partial charge in [0.1, 0.15) is 24.0 Å². The molecule has 1 aliphatic heterocycles. The minimum absolute atomic E-state index is 0.0199. The highest BCUT2D eigenvalue weighted by atomic mass is 16.6. The number of aromatic nitrogens is 1. The number of aromatic amines is 1. The molecule has 1 aliphatic rings. The van der Waals surface area contributed by atoms with E-state index in [0.717, 1.165) is 16.5 Å². The fraction of sp³-hybridized carbons (Fsp3) is 0.318. The number of nitrogens with one attached hydrogen (secondary N) is 1. The van der Waals surface area contributed by atoms with Gasteiger partial charge in [-0.15, -0.1) is 0 Å². The lowest BCUT2D eigenvalue weighted by atomic mass is 9.83. The van der Waals surface area contributed by atoms with Crippen molar-refractivity contribution in [2.45, 2.75) is 26.7 Å². The maximum Gasteiger partial charge on any atom is 0.338 e. The molecular formula is C22H23N3O5. The first-order valence-corrected chi connectivity index (χ1v) is 9.37. The van der Waals surface area contributed by atoms with Gasteiger partial charge in [0, 0.05) is 12.7 Å². The molecule has 3 N–H and O–H groups in total. The van der Waals surface area contributed by atoms with Crippen LogP contribution in [0.1, 0.15) is 29.5 Å². The van der Waals surface area contributed by atoms with E-state index in [1.165, 1.54) is 7.11 Å². The zero-order chi connectivity index (χ0) is 22.0. The van der Waals surface area contributed by atoms with E-state index in [0.29, 0.717) is 5.52 Å². The predicted molar refractivity (Wildman–Crippen MR) is 110 cm³/mol. The Morgan fingerprint density at radius 2 is 2.00 bits per heavy atom. The van der Waals surface area contributed by atoms with Crippen LogP contribution in [0.3, 0.4) is 0 Å². The molecule has 1 aromatic heterocycles. The lowest BCUT2D eigenvalue weighted by Gasteiger charge is -2.26. The molecule has 0 bridgehead atoms. The zero-order valence-electron chi connectivity index (χ0n) is 17.3. The number of esters is 1. The number of allylic oxidation sites excluding steroid dienone is 2. The maximum absolute atomic E-state index is 13.0. The number of benzene rings is 1. The number of nitrogens with two attached hydrogens (primary N) is 1. The number of rotatable bonds is 5. The van der Waals surface area contributed by atoms with Crippen LogP contribution in [-0.2, 0) is 19.0 Å². The molecule has 0 amide bonds. The molecule has 0 saturated heterocycles. The van der Waals surface area contributed by atoms with Crippen molar-refractivity contribution in [3.8, 4) is 6.07 Å². The quantitative estimate of drug-likeness (QED) is 0.573. The summed E-state index contributed by atoms with van der Waals surface area (Å²) in [4.78, 5) is 28.7. The Bertz CT molecular complexity index is 1180. The van der Waals surface area contributed by atoms with Gasteiger partial charge in [-0.1, -0.05) is 11.6 Å². The number of methoxy groups -OCH3 is 1. The standard InChI is InChI=1S/C22H23N3O5/c1-11-7-12(2)19-14(8-11)9-15(21(26)25-19)18-16(10-23)20(24)30-13(3)17(18)22(27)29-6-5-28-4/h7-9,18H,5-6,24H2,1-4H3,(H,25,26). The fourth-order valence-electron chi connectivity index (χ4n) is 3.67. The summed E-state index contributed by atoms with van der Waals surface area (Å²) in [5, 5.41) is 10.5. The third kappa shape index (κ3) is 3.80. The van der Waals surface area contributed by atoms with Crippen molar-refractivity contribution in [2.24, 2.45) is 5.73 Å². The summed E-state index contributed by atoms with van der Waals surface area (Å²) < 4.78 is 15.6. The van der Waals surface area contributed by atoms with Crippen LogP contribution >= 0.6 is 0 Å². The molecule has 1 unspecified atom stereocenters. The minimum Gasteiger partial charge on any atom is -0.460 e. The van der Waals surface area contributed by atoms with Gasteiger partial charge in [-0.3, -0.25) is 4.79 Å². The van der Waals surface area contributed by atoms with Gasteiger partial charge < -0.3 is 24.9 Å². The third-order valence-electron chi connectivity index (χ3n) is 4.98. The molecular weight excluding hydrogens is 386 g/mol. The smallest absolute Gasteiger partial charge is 0.338 e. The van der Waals surface area contributed by atoms with Crippen molar-refractivity contribution in [3.05, 3.63) is 68.0 Å². The molecule has 156 valence electrons. The van der Waals surface area contributed by atoms with E-state index in [2.05, 4.69) is 4.98 Å². The summed E-state index contributed by atoms with van der Waals surface area (Å²) in [5.41, 5.74) is 8.39.